The van der Waals surface area contributed by atoms with E-state index in [1.165, 1.54) is 95.6 Å². The molecule has 41 heavy (non-hydrogen) atoms. The summed E-state index contributed by atoms with van der Waals surface area (Å²) in [7, 11) is -3.74. The molecule has 1 aromatic rings. The van der Waals surface area contributed by atoms with E-state index in [0.717, 1.165) is 13.0 Å². The van der Waals surface area contributed by atoms with E-state index in [9.17, 15) is 8.42 Å². The van der Waals surface area contributed by atoms with E-state index in [-0.39, 0.29) is 18.1 Å². The number of ether oxygens (including phenoxy) is 5. The molecular formula is C32H58O8S. The molecule has 0 spiro atoms. The fourth-order valence-electron chi connectivity index (χ4n) is 4.24. The van der Waals surface area contributed by atoms with E-state index in [4.69, 9.17) is 27.9 Å². The third-order valence-corrected chi connectivity index (χ3v) is 7.95. The number of hydrogen-bond donors (Lipinski definition) is 0. The van der Waals surface area contributed by atoms with Gasteiger partial charge in [0.15, 0.2) is 0 Å². The van der Waals surface area contributed by atoms with Gasteiger partial charge in [0.25, 0.3) is 10.1 Å². The highest BCUT2D eigenvalue weighted by molar-refractivity contribution is 7.86. The fourth-order valence-corrected chi connectivity index (χ4v) is 5.15. The minimum absolute atomic E-state index is 0.0369. The zero-order valence-electron chi connectivity index (χ0n) is 25.7. The second-order valence-electron chi connectivity index (χ2n) is 10.2. The van der Waals surface area contributed by atoms with E-state index in [0.29, 0.717) is 52.9 Å². The van der Waals surface area contributed by atoms with Gasteiger partial charge in [-0.05, 0) is 18.6 Å². The summed E-state index contributed by atoms with van der Waals surface area (Å²) in [4.78, 5) is 0.137. The van der Waals surface area contributed by atoms with Gasteiger partial charge in [-0.3, -0.25) is 4.18 Å². The zero-order chi connectivity index (χ0) is 29.5. The molecule has 0 amide bonds. The quantitative estimate of drug-likeness (QED) is 0.0646. The molecule has 0 bridgehead atoms. The molecule has 8 nitrogen and oxygen atoms in total. The van der Waals surface area contributed by atoms with Crippen LogP contribution in [0.2, 0.25) is 0 Å². The molecule has 0 heterocycles. The number of unbranched alkanes of at least 4 members (excludes halogenated alkanes) is 13. The Morgan fingerprint density at radius 2 is 0.780 bits per heavy atom. The molecule has 1 aromatic carbocycles. The summed E-state index contributed by atoms with van der Waals surface area (Å²) in [6.07, 6.45) is 19.1. The predicted octanol–water partition coefficient (Wildman–Crippen LogP) is 6.96. The Bertz CT molecular complexity index is 760. The number of rotatable bonds is 32. The molecule has 9 heteroatoms. The third-order valence-electron chi connectivity index (χ3n) is 6.63. The molecule has 0 aromatic heterocycles. The van der Waals surface area contributed by atoms with Crippen molar-refractivity contribution in [3.8, 4) is 0 Å². The summed E-state index contributed by atoms with van der Waals surface area (Å²) in [6, 6.07) is 8.04. The van der Waals surface area contributed by atoms with Crippen LogP contribution in [0.5, 0.6) is 0 Å². The normalized spacial score (nSPS) is 11.8. The third kappa shape index (κ3) is 25.2. The summed E-state index contributed by atoms with van der Waals surface area (Å²) in [5.41, 5.74) is 0. The van der Waals surface area contributed by atoms with Crippen LogP contribution in [0, 0.1) is 0 Å². The lowest BCUT2D eigenvalue weighted by molar-refractivity contribution is -0.0127. The highest BCUT2D eigenvalue weighted by Crippen LogP contribution is 2.13. The molecule has 0 saturated heterocycles. The zero-order valence-corrected chi connectivity index (χ0v) is 26.6. The van der Waals surface area contributed by atoms with Gasteiger partial charge in [-0.15, -0.1) is 0 Å². The summed E-state index contributed by atoms with van der Waals surface area (Å²) in [6.45, 7) is 7.22. The first-order valence-corrected chi connectivity index (χ1v) is 17.4. The SMILES string of the molecule is CCCCCCCCCCCCCCCCOCCOCCOCCOCCOCCOS(=O)(=O)c1ccccc1. The van der Waals surface area contributed by atoms with E-state index in [1.54, 1.807) is 18.2 Å². The first-order chi connectivity index (χ1) is 20.2. The first-order valence-electron chi connectivity index (χ1n) is 16.0. The Labute approximate surface area is 250 Å². The standard InChI is InChI=1S/C32H58O8S/c1-2-3-4-5-6-7-8-9-10-11-12-13-14-18-21-35-22-23-36-24-25-37-26-27-38-28-29-39-30-31-40-41(33,34)32-19-16-15-17-20-32/h15-17,19-20H,2-14,18,21-31H2,1H3. The minimum atomic E-state index is -3.74. The second kappa shape index (κ2) is 29.0. The average Bonchev–Trinajstić information content (AvgIpc) is 2.98. The lowest BCUT2D eigenvalue weighted by atomic mass is 10.0. The van der Waals surface area contributed by atoms with Crippen molar-refractivity contribution in [3.05, 3.63) is 30.3 Å². The van der Waals surface area contributed by atoms with Crippen LogP contribution >= 0.6 is 0 Å². The summed E-state index contributed by atoms with van der Waals surface area (Å²) in [5, 5.41) is 0. The Balaban J connectivity index is 1.68. The van der Waals surface area contributed by atoms with Crippen LogP contribution < -0.4 is 0 Å². The van der Waals surface area contributed by atoms with Gasteiger partial charge in [0, 0.05) is 6.61 Å². The Morgan fingerprint density at radius 3 is 1.20 bits per heavy atom. The van der Waals surface area contributed by atoms with Crippen LogP contribution in [0.1, 0.15) is 96.8 Å². The lowest BCUT2D eigenvalue weighted by Crippen LogP contribution is -2.15. The van der Waals surface area contributed by atoms with E-state index >= 15 is 0 Å². The van der Waals surface area contributed by atoms with Crippen LogP contribution in [0.4, 0.5) is 0 Å². The molecule has 0 atom stereocenters. The van der Waals surface area contributed by atoms with Crippen LogP contribution in [-0.2, 0) is 38.0 Å². The van der Waals surface area contributed by atoms with Crippen molar-refractivity contribution >= 4 is 10.1 Å². The van der Waals surface area contributed by atoms with Crippen molar-refractivity contribution in [1.29, 1.82) is 0 Å². The molecular weight excluding hydrogens is 544 g/mol. The summed E-state index contributed by atoms with van der Waals surface area (Å²) in [5.74, 6) is 0. The molecule has 0 radical (unpaired) electrons. The van der Waals surface area contributed by atoms with Crippen molar-refractivity contribution in [2.75, 3.05) is 72.7 Å². The van der Waals surface area contributed by atoms with Crippen molar-refractivity contribution in [2.24, 2.45) is 0 Å². The Morgan fingerprint density at radius 1 is 0.439 bits per heavy atom. The van der Waals surface area contributed by atoms with Crippen LogP contribution in [0.3, 0.4) is 0 Å². The van der Waals surface area contributed by atoms with Crippen molar-refractivity contribution in [1.82, 2.24) is 0 Å². The van der Waals surface area contributed by atoms with Crippen LogP contribution in [0.15, 0.2) is 35.2 Å². The van der Waals surface area contributed by atoms with Gasteiger partial charge in [0.2, 0.25) is 0 Å². The lowest BCUT2D eigenvalue weighted by Gasteiger charge is -2.08. The fraction of sp³-hybridized carbons (Fsp3) is 0.812. The van der Waals surface area contributed by atoms with Gasteiger partial charge < -0.3 is 23.7 Å². The second-order valence-corrected chi connectivity index (χ2v) is 11.9. The highest BCUT2D eigenvalue weighted by atomic mass is 32.2. The maximum atomic E-state index is 12.0. The molecule has 240 valence electrons. The predicted molar refractivity (Wildman–Crippen MR) is 164 cm³/mol. The Hall–Kier alpha value is -1.07. The molecule has 0 unspecified atom stereocenters. The Kier molecular flexibility index (Phi) is 26.9. The van der Waals surface area contributed by atoms with Gasteiger partial charge in [0.1, 0.15) is 0 Å². The van der Waals surface area contributed by atoms with Gasteiger partial charge in [-0.25, -0.2) is 0 Å². The molecule has 0 fully saturated rings. The largest absolute Gasteiger partial charge is 0.379 e. The molecule has 1 rings (SSSR count). The molecule has 0 aliphatic carbocycles. The van der Waals surface area contributed by atoms with Crippen molar-refractivity contribution in [3.63, 3.8) is 0 Å². The van der Waals surface area contributed by atoms with Gasteiger partial charge in [0.05, 0.1) is 71.0 Å². The maximum absolute atomic E-state index is 12.0. The minimum Gasteiger partial charge on any atom is -0.379 e. The molecule has 0 N–H and O–H groups in total. The average molecular weight is 603 g/mol. The number of hydrogen-bond acceptors (Lipinski definition) is 8. The maximum Gasteiger partial charge on any atom is 0.297 e. The van der Waals surface area contributed by atoms with Gasteiger partial charge in [-0.2, -0.15) is 8.42 Å². The van der Waals surface area contributed by atoms with Crippen LogP contribution in [0.25, 0.3) is 0 Å². The van der Waals surface area contributed by atoms with Crippen molar-refractivity contribution in [2.45, 2.75) is 102 Å². The van der Waals surface area contributed by atoms with Crippen LogP contribution in [-0.4, -0.2) is 81.1 Å². The smallest absolute Gasteiger partial charge is 0.297 e. The molecule has 0 saturated carbocycles. The van der Waals surface area contributed by atoms with E-state index in [2.05, 4.69) is 6.92 Å². The van der Waals surface area contributed by atoms with E-state index in [1.807, 2.05) is 0 Å². The van der Waals surface area contributed by atoms with Gasteiger partial charge in [-0.1, -0.05) is 109 Å². The highest BCUT2D eigenvalue weighted by Gasteiger charge is 2.13. The summed E-state index contributed by atoms with van der Waals surface area (Å²) < 4.78 is 56.3. The van der Waals surface area contributed by atoms with E-state index < -0.39 is 10.1 Å². The summed E-state index contributed by atoms with van der Waals surface area (Å²) >= 11 is 0. The molecule has 0 aliphatic heterocycles. The topological polar surface area (TPSA) is 89.5 Å². The molecule has 0 aliphatic rings. The van der Waals surface area contributed by atoms with Crippen molar-refractivity contribution < 1.29 is 36.3 Å². The monoisotopic (exact) mass is 602 g/mol. The number of benzene rings is 1. The van der Waals surface area contributed by atoms with Gasteiger partial charge >= 0.3 is 0 Å². The first kappa shape index (κ1) is 38.0.